The molecule has 0 amide bonds. The van der Waals surface area contributed by atoms with E-state index in [1.54, 1.807) is 6.07 Å². The Balaban J connectivity index is 2.20. The van der Waals surface area contributed by atoms with Gasteiger partial charge in [-0.25, -0.2) is 4.79 Å². The SMILES string of the molecule is NNc1ccc2cc(-c3ccc(Br)cc3)c(=O)oc2c1. The molecular formula is C15H11BrN2O2. The predicted octanol–water partition coefficient (Wildman–Crippen LogP) is 3.51. The zero-order valence-corrected chi connectivity index (χ0v) is 12.0. The van der Waals surface area contributed by atoms with E-state index >= 15 is 0 Å². The van der Waals surface area contributed by atoms with Crippen molar-refractivity contribution in [3.8, 4) is 11.1 Å². The maximum absolute atomic E-state index is 12.1. The van der Waals surface area contributed by atoms with Crippen LogP contribution in [0.3, 0.4) is 0 Å². The molecular weight excluding hydrogens is 320 g/mol. The molecule has 0 bridgehead atoms. The van der Waals surface area contributed by atoms with Crippen LogP contribution in [0.1, 0.15) is 0 Å². The monoisotopic (exact) mass is 330 g/mol. The zero-order valence-electron chi connectivity index (χ0n) is 10.4. The molecule has 3 rings (SSSR count). The number of rotatable bonds is 2. The van der Waals surface area contributed by atoms with Crippen molar-refractivity contribution in [3.63, 3.8) is 0 Å². The van der Waals surface area contributed by atoms with Crippen LogP contribution >= 0.6 is 15.9 Å². The van der Waals surface area contributed by atoms with Gasteiger partial charge in [-0.3, -0.25) is 5.84 Å². The first-order valence-electron chi connectivity index (χ1n) is 5.98. The van der Waals surface area contributed by atoms with E-state index in [0.29, 0.717) is 16.8 Å². The Morgan fingerprint density at radius 2 is 1.80 bits per heavy atom. The third kappa shape index (κ3) is 2.33. The Hall–Kier alpha value is -2.11. The molecule has 0 aliphatic carbocycles. The van der Waals surface area contributed by atoms with Crippen LogP contribution in [0.15, 0.2) is 62.2 Å². The lowest BCUT2D eigenvalue weighted by atomic mass is 10.1. The van der Waals surface area contributed by atoms with Gasteiger partial charge in [0, 0.05) is 15.9 Å². The summed E-state index contributed by atoms with van der Waals surface area (Å²) in [5.41, 5.74) is 4.72. The van der Waals surface area contributed by atoms with Gasteiger partial charge in [-0.2, -0.15) is 0 Å². The van der Waals surface area contributed by atoms with Crippen LogP contribution in [0.4, 0.5) is 5.69 Å². The Labute approximate surface area is 123 Å². The molecule has 20 heavy (non-hydrogen) atoms. The lowest BCUT2D eigenvalue weighted by Crippen LogP contribution is -2.07. The van der Waals surface area contributed by atoms with E-state index in [0.717, 1.165) is 15.4 Å². The first-order chi connectivity index (χ1) is 9.67. The van der Waals surface area contributed by atoms with Crippen LogP contribution in [-0.4, -0.2) is 0 Å². The number of nitrogen functional groups attached to an aromatic ring is 1. The number of halogens is 1. The number of hydrogen-bond donors (Lipinski definition) is 2. The molecule has 5 heteroatoms. The highest BCUT2D eigenvalue weighted by Crippen LogP contribution is 2.24. The number of nitrogens with two attached hydrogens (primary N) is 1. The van der Waals surface area contributed by atoms with E-state index in [-0.39, 0.29) is 5.63 Å². The summed E-state index contributed by atoms with van der Waals surface area (Å²) in [6.45, 7) is 0. The fraction of sp³-hybridized carbons (Fsp3) is 0. The number of hydrogen-bond acceptors (Lipinski definition) is 4. The highest BCUT2D eigenvalue weighted by atomic mass is 79.9. The number of anilines is 1. The summed E-state index contributed by atoms with van der Waals surface area (Å²) in [6, 6.07) is 14.7. The smallest absolute Gasteiger partial charge is 0.344 e. The van der Waals surface area contributed by atoms with Crippen molar-refractivity contribution < 1.29 is 4.42 Å². The summed E-state index contributed by atoms with van der Waals surface area (Å²) >= 11 is 3.37. The summed E-state index contributed by atoms with van der Waals surface area (Å²) in [5, 5.41) is 0.849. The average Bonchev–Trinajstić information content (AvgIpc) is 2.47. The second kappa shape index (κ2) is 5.11. The molecule has 0 aliphatic rings. The first kappa shape index (κ1) is 12.9. The van der Waals surface area contributed by atoms with Gasteiger partial charge in [-0.05, 0) is 35.9 Å². The van der Waals surface area contributed by atoms with Crippen LogP contribution in [0.5, 0.6) is 0 Å². The number of nitrogens with one attached hydrogen (secondary N) is 1. The average molecular weight is 331 g/mol. The molecule has 0 saturated heterocycles. The van der Waals surface area contributed by atoms with E-state index in [4.69, 9.17) is 10.3 Å². The van der Waals surface area contributed by atoms with Crippen LogP contribution in [0.25, 0.3) is 22.1 Å². The van der Waals surface area contributed by atoms with Crippen molar-refractivity contribution in [1.29, 1.82) is 0 Å². The second-order valence-electron chi connectivity index (χ2n) is 4.35. The van der Waals surface area contributed by atoms with E-state index in [9.17, 15) is 4.79 Å². The summed E-state index contributed by atoms with van der Waals surface area (Å²) < 4.78 is 6.32. The van der Waals surface area contributed by atoms with Gasteiger partial charge in [0.1, 0.15) is 5.58 Å². The van der Waals surface area contributed by atoms with Crippen LogP contribution in [0, 0.1) is 0 Å². The van der Waals surface area contributed by atoms with Gasteiger partial charge in [0.2, 0.25) is 0 Å². The van der Waals surface area contributed by atoms with Crippen molar-refractivity contribution in [2.24, 2.45) is 5.84 Å². The molecule has 0 radical (unpaired) electrons. The maximum atomic E-state index is 12.1. The lowest BCUT2D eigenvalue weighted by molar-refractivity contribution is 0.563. The molecule has 0 spiro atoms. The molecule has 1 heterocycles. The van der Waals surface area contributed by atoms with Crippen LogP contribution in [0.2, 0.25) is 0 Å². The van der Waals surface area contributed by atoms with Crippen molar-refractivity contribution in [2.75, 3.05) is 5.43 Å². The number of benzene rings is 2. The van der Waals surface area contributed by atoms with Gasteiger partial charge in [0.25, 0.3) is 0 Å². The molecule has 0 atom stereocenters. The van der Waals surface area contributed by atoms with Gasteiger partial charge < -0.3 is 9.84 Å². The third-order valence-electron chi connectivity index (χ3n) is 3.06. The normalized spacial score (nSPS) is 10.7. The van der Waals surface area contributed by atoms with Crippen molar-refractivity contribution in [3.05, 3.63) is 63.4 Å². The summed E-state index contributed by atoms with van der Waals surface area (Å²) in [4.78, 5) is 12.1. The van der Waals surface area contributed by atoms with E-state index < -0.39 is 0 Å². The first-order valence-corrected chi connectivity index (χ1v) is 6.77. The molecule has 0 unspecified atom stereocenters. The summed E-state index contributed by atoms with van der Waals surface area (Å²) in [7, 11) is 0. The summed E-state index contributed by atoms with van der Waals surface area (Å²) in [6.07, 6.45) is 0. The van der Waals surface area contributed by atoms with E-state index in [1.165, 1.54) is 0 Å². The van der Waals surface area contributed by atoms with Gasteiger partial charge in [0.15, 0.2) is 0 Å². The standard InChI is InChI=1S/C15H11BrN2O2/c16-11-4-1-9(2-5-11)13-7-10-3-6-12(18-17)8-14(10)20-15(13)19/h1-8,18H,17H2. The predicted molar refractivity (Wildman–Crippen MR) is 83.4 cm³/mol. The highest BCUT2D eigenvalue weighted by molar-refractivity contribution is 9.10. The van der Waals surface area contributed by atoms with Gasteiger partial charge in [-0.15, -0.1) is 0 Å². The van der Waals surface area contributed by atoms with Gasteiger partial charge >= 0.3 is 5.63 Å². The minimum Gasteiger partial charge on any atom is -0.422 e. The maximum Gasteiger partial charge on any atom is 0.344 e. The van der Waals surface area contributed by atoms with Crippen molar-refractivity contribution in [1.82, 2.24) is 0 Å². The third-order valence-corrected chi connectivity index (χ3v) is 3.59. The number of hydrazine groups is 1. The lowest BCUT2D eigenvalue weighted by Gasteiger charge is -2.04. The largest absolute Gasteiger partial charge is 0.422 e. The molecule has 3 aromatic rings. The Morgan fingerprint density at radius 1 is 1.05 bits per heavy atom. The molecule has 100 valence electrons. The molecule has 0 saturated carbocycles. The molecule has 1 aromatic heterocycles. The quantitative estimate of drug-likeness (QED) is 0.428. The molecule has 2 aromatic carbocycles. The molecule has 0 aliphatic heterocycles. The van der Waals surface area contributed by atoms with Crippen LogP contribution < -0.4 is 16.9 Å². The summed E-state index contributed by atoms with van der Waals surface area (Å²) in [5.74, 6) is 5.34. The van der Waals surface area contributed by atoms with Crippen molar-refractivity contribution in [2.45, 2.75) is 0 Å². The van der Waals surface area contributed by atoms with Crippen LogP contribution in [-0.2, 0) is 0 Å². The van der Waals surface area contributed by atoms with Gasteiger partial charge in [-0.1, -0.05) is 28.1 Å². The minimum absolute atomic E-state index is 0.367. The topological polar surface area (TPSA) is 68.3 Å². The highest BCUT2D eigenvalue weighted by Gasteiger charge is 2.08. The Bertz CT molecular complexity index is 825. The van der Waals surface area contributed by atoms with Gasteiger partial charge in [0.05, 0.1) is 11.3 Å². The Kier molecular flexibility index (Phi) is 3.30. The molecule has 0 fully saturated rings. The molecule has 4 nitrogen and oxygen atoms in total. The fourth-order valence-electron chi connectivity index (χ4n) is 2.03. The Morgan fingerprint density at radius 3 is 2.50 bits per heavy atom. The molecule has 3 N–H and O–H groups in total. The zero-order chi connectivity index (χ0) is 14.1. The van der Waals surface area contributed by atoms with Crippen molar-refractivity contribution >= 4 is 32.6 Å². The minimum atomic E-state index is -0.367. The number of fused-ring (bicyclic) bond motifs is 1. The van der Waals surface area contributed by atoms with E-state index in [2.05, 4.69) is 21.4 Å². The fourth-order valence-corrected chi connectivity index (χ4v) is 2.30. The van der Waals surface area contributed by atoms with E-state index in [1.807, 2.05) is 42.5 Å². The second-order valence-corrected chi connectivity index (χ2v) is 5.27.